The molecular weight excluding hydrogens is 182 g/mol. The normalized spacial score (nSPS) is 8.15. The zero-order chi connectivity index (χ0) is 9.52. The topological polar surface area (TPSA) is 59.6 Å². The van der Waals surface area contributed by atoms with Crippen LogP contribution in [0.4, 0.5) is 0 Å². The molecule has 0 bridgehead atoms. The van der Waals surface area contributed by atoms with Gasteiger partial charge in [0.2, 0.25) is 0 Å². The highest BCUT2D eigenvalue weighted by atomic mass is 32.1. The lowest BCUT2D eigenvalue weighted by atomic mass is 10.3. The quantitative estimate of drug-likeness (QED) is 0.737. The Morgan fingerprint density at radius 1 is 1.54 bits per heavy atom. The minimum Gasteiger partial charge on any atom is -0.384 e. The van der Waals surface area contributed by atoms with Gasteiger partial charge in [-0.05, 0) is 11.4 Å². The number of allylic oxidation sites excluding steroid dienone is 1. The molecule has 13 heavy (non-hydrogen) atoms. The van der Waals surface area contributed by atoms with E-state index in [1.807, 2.05) is 17.5 Å². The predicted molar refractivity (Wildman–Crippen MR) is 50.5 cm³/mol. The molecule has 1 N–H and O–H groups in total. The van der Waals surface area contributed by atoms with Crippen LogP contribution in [0.25, 0.3) is 0 Å². The van der Waals surface area contributed by atoms with E-state index in [4.69, 9.17) is 10.5 Å². The van der Waals surface area contributed by atoms with E-state index in [2.05, 4.69) is 5.32 Å². The van der Waals surface area contributed by atoms with Crippen molar-refractivity contribution in [1.29, 1.82) is 10.5 Å². The van der Waals surface area contributed by atoms with Gasteiger partial charge in [-0.2, -0.15) is 10.5 Å². The lowest BCUT2D eigenvalue weighted by Gasteiger charge is -1.95. The van der Waals surface area contributed by atoms with Crippen molar-refractivity contribution >= 4 is 11.3 Å². The van der Waals surface area contributed by atoms with Crippen LogP contribution < -0.4 is 5.32 Å². The van der Waals surface area contributed by atoms with Gasteiger partial charge < -0.3 is 5.32 Å². The van der Waals surface area contributed by atoms with Crippen molar-refractivity contribution in [3.05, 3.63) is 34.2 Å². The van der Waals surface area contributed by atoms with Crippen LogP contribution in [-0.4, -0.2) is 0 Å². The Labute approximate surface area is 80.5 Å². The Morgan fingerprint density at radius 2 is 2.31 bits per heavy atom. The number of hydrogen-bond donors (Lipinski definition) is 1. The van der Waals surface area contributed by atoms with E-state index in [9.17, 15) is 0 Å². The Kier molecular flexibility index (Phi) is 3.56. The molecule has 0 spiro atoms. The molecule has 0 amide bonds. The van der Waals surface area contributed by atoms with Crippen molar-refractivity contribution in [3.8, 4) is 12.1 Å². The van der Waals surface area contributed by atoms with Crippen LogP contribution in [0.2, 0.25) is 0 Å². The molecule has 4 heteroatoms. The molecule has 0 aliphatic rings. The van der Waals surface area contributed by atoms with Crippen LogP contribution >= 0.6 is 11.3 Å². The summed E-state index contributed by atoms with van der Waals surface area (Å²) < 4.78 is 0. The van der Waals surface area contributed by atoms with Crippen LogP contribution in [0.1, 0.15) is 4.88 Å². The summed E-state index contributed by atoms with van der Waals surface area (Å²) >= 11 is 1.63. The average Bonchev–Trinajstić information content (AvgIpc) is 2.65. The monoisotopic (exact) mass is 189 g/mol. The number of nitrogens with zero attached hydrogens (tertiary/aromatic N) is 2. The summed E-state index contributed by atoms with van der Waals surface area (Å²) in [5, 5.41) is 21.7. The van der Waals surface area contributed by atoms with Crippen LogP contribution in [0, 0.1) is 22.7 Å². The molecule has 0 aromatic carbocycles. The molecule has 3 nitrogen and oxygen atoms in total. The number of nitriles is 2. The number of hydrogen-bond acceptors (Lipinski definition) is 4. The molecule has 0 radical (unpaired) electrons. The van der Waals surface area contributed by atoms with E-state index < -0.39 is 0 Å². The van der Waals surface area contributed by atoms with Gasteiger partial charge >= 0.3 is 0 Å². The molecule has 0 fully saturated rings. The number of rotatable bonds is 3. The zero-order valence-electron chi connectivity index (χ0n) is 6.82. The van der Waals surface area contributed by atoms with Crippen molar-refractivity contribution in [2.24, 2.45) is 0 Å². The van der Waals surface area contributed by atoms with Crippen molar-refractivity contribution in [2.75, 3.05) is 0 Å². The van der Waals surface area contributed by atoms with Crippen LogP contribution in [-0.2, 0) is 6.54 Å². The molecule has 1 aromatic rings. The maximum absolute atomic E-state index is 8.41. The fraction of sp³-hybridized carbons (Fsp3) is 0.111. The summed E-state index contributed by atoms with van der Waals surface area (Å²) in [6.45, 7) is 0.657. The highest BCUT2D eigenvalue weighted by Gasteiger charge is 1.92. The van der Waals surface area contributed by atoms with Crippen LogP contribution in [0.3, 0.4) is 0 Å². The standard InChI is InChI=1S/C9H7N3S/c10-4-8(5-11)6-12-7-9-2-1-3-13-9/h1-3,6,12H,7H2. The highest BCUT2D eigenvalue weighted by molar-refractivity contribution is 7.09. The minimum atomic E-state index is 0.0940. The molecule has 1 heterocycles. The third kappa shape index (κ3) is 2.98. The molecule has 0 aliphatic carbocycles. The molecule has 0 unspecified atom stereocenters. The highest BCUT2D eigenvalue weighted by Crippen LogP contribution is 2.07. The van der Waals surface area contributed by atoms with Gasteiger partial charge in [0.1, 0.15) is 17.7 Å². The zero-order valence-corrected chi connectivity index (χ0v) is 7.64. The molecule has 64 valence electrons. The maximum Gasteiger partial charge on any atom is 0.145 e. The first-order chi connectivity index (χ1) is 6.36. The van der Waals surface area contributed by atoms with Crippen molar-refractivity contribution < 1.29 is 0 Å². The summed E-state index contributed by atoms with van der Waals surface area (Å²) in [5.74, 6) is 0. The van der Waals surface area contributed by atoms with Crippen LogP contribution in [0.15, 0.2) is 29.3 Å². The van der Waals surface area contributed by atoms with Gasteiger partial charge in [0.05, 0.1) is 0 Å². The molecule has 0 saturated carbocycles. The molecule has 0 saturated heterocycles. The Morgan fingerprint density at radius 3 is 2.85 bits per heavy atom. The Bertz CT molecular complexity index is 349. The van der Waals surface area contributed by atoms with E-state index in [1.165, 1.54) is 11.1 Å². The molecule has 0 atom stereocenters. The first-order valence-corrected chi connectivity index (χ1v) is 4.51. The SMILES string of the molecule is N#CC(C#N)=CNCc1cccs1. The fourth-order valence-electron chi connectivity index (χ4n) is 0.756. The first-order valence-electron chi connectivity index (χ1n) is 3.63. The van der Waals surface area contributed by atoms with Crippen molar-refractivity contribution in [1.82, 2.24) is 5.32 Å². The summed E-state index contributed by atoms with van der Waals surface area (Å²) in [7, 11) is 0. The van der Waals surface area contributed by atoms with Gasteiger partial charge in [-0.25, -0.2) is 0 Å². The second kappa shape index (κ2) is 4.97. The van der Waals surface area contributed by atoms with E-state index in [-0.39, 0.29) is 5.57 Å². The lowest BCUT2D eigenvalue weighted by molar-refractivity contribution is 0.883. The van der Waals surface area contributed by atoms with Gasteiger partial charge in [-0.15, -0.1) is 11.3 Å². The summed E-state index contributed by atoms with van der Waals surface area (Å²) in [6.07, 6.45) is 1.43. The molecular formula is C9H7N3S. The minimum absolute atomic E-state index is 0.0940. The predicted octanol–water partition coefficient (Wildman–Crippen LogP) is 1.77. The second-order valence-electron chi connectivity index (χ2n) is 2.24. The largest absolute Gasteiger partial charge is 0.384 e. The second-order valence-corrected chi connectivity index (χ2v) is 3.27. The Balaban J connectivity index is 2.42. The summed E-state index contributed by atoms with van der Waals surface area (Å²) in [4.78, 5) is 1.17. The van der Waals surface area contributed by atoms with Gasteiger partial charge in [-0.1, -0.05) is 6.07 Å². The van der Waals surface area contributed by atoms with E-state index in [1.54, 1.807) is 23.5 Å². The smallest absolute Gasteiger partial charge is 0.145 e. The lowest BCUT2D eigenvalue weighted by Crippen LogP contribution is -2.03. The van der Waals surface area contributed by atoms with Crippen molar-refractivity contribution in [3.63, 3.8) is 0 Å². The van der Waals surface area contributed by atoms with E-state index >= 15 is 0 Å². The van der Waals surface area contributed by atoms with Gasteiger partial charge in [0.25, 0.3) is 0 Å². The van der Waals surface area contributed by atoms with Gasteiger partial charge in [0.15, 0.2) is 0 Å². The first kappa shape index (κ1) is 9.31. The van der Waals surface area contributed by atoms with Gasteiger partial charge in [0, 0.05) is 17.6 Å². The summed E-state index contributed by atoms with van der Waals surface area (Å²) in [6, 6.07) is 7.49. The molecule has 1 rings (SSSR count). The average molecular weight is 189 g/mol. The molecule has 0 aliphatic heterocycles. The molecule has 1 aromatic heterocycles. The van der Waals surface area contributed by atoms with E-state index in [0.717, 1.165) is 0 Å². The Hall–Kier alpha value is -1.78. The van der Waals surface area contributed by atoms with Gasteiger partial charge in [-0.3, -0.25) is 0 Å². The number of nitrogens with one attached hydrogen (secondary N) is 1. The van der Waals surface area contributed by atoms with Crippen molar-refractivity contribution in [2.45, 2.75) is 6.54 Å². The third-order valence-electron chi connectivity index (χ3n) is 1.34. The van der Waals surface area contributed by atoms with E-state index in [0.29, 0.717) is 6.54 Å². The summed E-state index contributed by atoms with van der Waals surface area (Å²) in [5.41, 5.74) is 0.0940. The number of thiophene rings is 1. The fourth-order valence-corrected chi connectivity index (χ4v) is 1.41. The maximum atomic E-state index is 8.41. The van der Waals surface area contributed by atoms with Crippen LogP contribution in [0.5, 0.6) is 0 Å². The third-order valence-corrected chi connectivity index (χ3v) is 2.22.